The van der Waals surface area contributed by atoms with E-state index >= 15 is 0 Å². The lowest BCUT2D eigenvalue weighted by Crippen LogP contribution is -1.89. The average molecular weight is 443 g/mol. The maximum atomic E-state index is 13.1. The van der Waals surface area contributed by atoms with Crippen LogP contribution in [0.15, 0.2) is 103 Å². The molecule has 0 saturated heterocycles. The Morgan fingerprint density at radius 1 is 0.667 bits per heavy atom. The summed E-state index contributed by atoms with van der Waals surface area (Å²) >= 11 is 0. The first-order chi connectivity index (χ1) is 16.1. The van der Waals surface area contributed by atoms with Gasteiger partial charge in [0.15, 0.2) is 0 Å². The van der Waals surface area contributed by atoms with E-state index in [9.17, 15) is 8.78 Å². The molecule has 0 amide bonds. The van der Waals surface area contributed by atoms with E-state index in [4.69, 9.17) is 0 Å². The fourth-order valence-corrected chi connectivity index (χ4v) is 3.81. The topological polar surface area (TPSA) is 0 Å². The van der Waals surface area contributed by atoms with Crippen molar-refractivity contribution in [2.75, 3.05) is 0 Å². The largest absolute Gasteiger partial charge is 0.207 e. The summed E-state index contributed by atoms with van der Waals surface area (Å²) in [4.78, 5) is 0. The van der Waals surface area contributed by atoms with E-state index in [2.05, 4.69) is 55.1 Å². The van der Waals surface area contributed by atoms with Crippen LogP contribution in [0.2, 0.25) is 0 Å². The molecule has 0 saturated carbocycles. The molecule has 0 aromatic heterocycles. The van der Waals surface area contributed by atoms with Crippen LogP contribution in [0, 0.1) is 5.82 Å². The number of benzene rings is 3. The third-order valence-corrected chi connectivity index (χ3v) is 5.78. The van der Waals surface area contributed by atoms with E-state index in [1.165, 1.54) is 67.5 Å². The highest BCUT2D eigenvalue weighted by atomic mass is 19.1. The first kappa shape index (κ1) is 24.4. The van der Waals surface area contributed by atoms with E-state index < -0.39 is 0 Å². The number of allylic oxidation sites excluding steroid dienone is 4. The molecule has 0 N–H and O–H groups in total. The molecule has 0 bridgehead atoms. The van der Waals surface area contributed by atoms with Gasteiger partial charge in [-0.05, 0) is 77.8 Å². The van der Waals surface area contributed by atoms with Gasteiger partial charge in [-0.15, -0.1) is 0 Å². The highest BCUT2D eigenvalue weighted by Gasteiger charge is 2.00. The van der Waals surface area contributed by atoms with Gasteiger partial charge in [-0.2, -0.15) is 0 Å². The zero-order valence-corrected chi connectivity index (χ0v) is 19.2. The zero-order chi connectivity index (χ0) is 23.3. The van der Waals surface area contributed by atoms with Crippen molar-refractivity contribution in [3.63, 3.8) is 0 Å². The third-order valence-electron chi connectivity index (χ3n) is 5.78. The van der Waals surface area contributed by atoms with Crippen molar-refractivity contribution in [3.05, 3.63) is 126 Å². The number of unbranched alkanes of at least 4 members (excludes halogenated alkanes) is 4. The minimum atomic E-state index is -0.331. The molecular formula is C31H32F2. The Balaban J connectivity index is 1.29. The molecule has 0 aliphatic carbocycles. The fraction of sp³-hybridized carbons (Fsp3) is 0.226. The van der Waals surface area contributed by atoms with E-state index in [-0.39, 0.29) is 11.6 Å². The summed E-state index contributed by atoms with van der Waals surface area (Å²) in [5.41, 5.74) is 5.95. The average Bonchev–Trinajstić information content (AvgIpc) is 2.85. The summed E-state index contributed by atoms with van der Waals surface area (Å²) in [5.74, 6) is -0.532. The Hall–Kier alpha value is -3.26. The van der Waals surface area contributed by atoms with Crippen LogP contribution >= 0.6 is 0 Å². The van der Waals surface area contributed by atoms with Crippen LogP contribution in [-0.2, 0) is 12.8 Å². The molecule has 0 aliphatic rings. The summed E-state index contributed by atoms with van der Waals surface area (Å²) in [6.07, 6.45) is 14.6. The lowest BCUT2D eigenvalue weighted by Gasteiger charge is -2.06. The monoisotopic (exact) mass is 442 g/mol. The molecule has 3 rings (SSSR count). The maximum absolute atomic E-state index is 13.1. The number of hydrogen-bond donors (Lipinski definition) is 0. The number of halogens is 2. The molecule has 170 valence electrons. The molecule has 0 fully saturated rings. The first-order valence-corrected chi connectivity index (χ1v) is 11.7. The Bertz CT molecular complexity index is 1040. The molecule has 0 heterocycles. The lowest BCUT2D eigenvalue weighted by molar-refractivity contribution is 0.613. The molecule has 0 spiro atoms. The second kappa shape index (κ2) is 13.3. The Morgan fingerprint density at radius 3 is 1.70 bits per heavy atom. The van der Waals surface area contributed by atoms with Gasteiger partial charge in [0.25, 0.3) is 0 Å². The third kappa shape index (κ3) is 8.65. The van der Waals surface area contributed by atoms with Crippen LogP contribution in [0.25, 0.3) is 17.2 Å². The molecule has 2 heteroatoms. The summed E-state index contributed by atoms with van der Waals surface area (Å²) in [5, 5.41) is 0. The Kier molecular flexibility index (Phi) is 9.85. The molecule has 0 aliphatic heterocycles. The van der Waals surface area contributed by atoms with Gasteiger partial charge >= 0.3 is 0 Å². The number of hydrogen-bond acceptors (Lipinski definition) is 0. The van der Waals surface area contributed by atoms with Crippen LogP contribution in [0.1, 0.15) is 48.8 Å². The summed E-state index contributed by atoms with van der Waals surface area (Å²) in [6.45, 7) is 3.39. The minimum Gasteiger partial charge on any atom is -0.207 e. The summed E-state index contributed by atoms with van der Waals surface area (Å²) in [7, 11) is 0. The standard InChI is InChI=1S/C31H32F2/c1-2-30(32)12-8-11-27-15-13-25(14-16-27)9-6-4-3-5-7-10-26-17-19-28(20-18-26)29-21-23-31(33)24-22-29/h2,8,11-24H,1,3-7,9-10H2/b11-8+,30-12+. The molecule has 0 radical (unpaired) electrons. The highest BCUT2D eigenvalue weighted by molar-refractivity contribution is 5.63. The van der Waals surface area contributed by atoms with E-state index in [1.54, 1.807) is 6.08 Å². The van der Waals surface area contributed by atoms with Crippen molar-refractivity contribution in [1.82, 2.24) is 0 Å². The van der Waals surface area contributed by atoms with Gasteiger partial charge in [-0.25, -0.2) is 8.78 Å². The van der Waals surface area contributed by atoms with E-state index in [0.29, 0.717) is 0 Å². The second-order valence-corrected chi connectivity index (χ2v) is 8.33. The van der Waals surface area contributed by atoms with Gasteiger partial charge in [0, 0.05) is 0 Å². The number of rotatable bonds is 12. The van der Waals surface area contributed by atoms with Gasteiger partial charge < -0.3 is 0 Å². The van der Waals surface area contributed by atoms with Gasteiger partial charge in [-0.3, -0.25) is 0 Å². The van der Waals surface area contributed by atoms with Crippen LogP contribution < -0.4 is 0 Å². The Morgan fingerprint density at radius 2 is 1.15 bits per heavy atom. The van der Waals surface area contributed by atoms with E-state index in [0.717, 1.165) is 29.5 Å². The first-order valence-electron chi connectivity index (χ1n) is 11.7. The van der Waals surface area contributed by atoms with Crippen LogP contribution in [0.4, 0.5) is 8.78 Å². The molecule has 3 aromatic rings. The molecule has 3 aromatic carbocycles. The van der Waals surface area contributed by atoms with Gasteiger partial charge in [0.05, 0.1) is 0 Å². The summed E-state index contributed by atoms with van der Waals surface area (Å²) in [6, 6.07) is 23.7. The highest BCUT2D eigenvalue weighted by Crippen LogP contribution is 2.21. The molecule has 0 unspecified atom stereocenters. The fourth-order valence-electron chi connectivity index (χ4n) is 3.81. The van der Waals surface area contributed by atoms with E-state index in [1.807, 2.05) is 18.2 Å². The predicted octanol–water partition coefficient (Wildman–Crippen LogP) is 9.28. The zero-order valence-electron chi connectivity index (χ0n) is 19.2. The number of aryl methyl sites for hydroxylation is 2. The quantitative estimate of drug-likeness (QED) is 0.194. The normalized spacial score (nSPS) is 11.8. The van der Waals surface area contributed by atoms with Crippen molar-refractivity contribution in [2.45, 2.75) is 44.9 Å². The van der Waals surface area contributed by atoms with Crippen molar-refractivity contribution in [1.29, 1.82) is 0 Å². The predicted molar refractivity (Wildman–Crippen MR) is 137 cm³/mol. The van der Waals surface area contributed by atoms with Crippen LogP contribution in [-0.4, -0.2) is 0 Å². The maximum Gasteiger partial charge on any atom is 0.123 e. The molecule has 0 atom stereocenters. The van der Waals surface area contributed by atoms with Crippen LogP contribution in [0.3, 0.4) is 0 Å². The van der Waals surface area contributed by atoms with Crippen molar-refractivity contribution < 1.29 is 8.78 Å². The van der Waals surface area contributed by atoms with Crippen molar-refractivity contribution in [2.24, 2.45) is 0 Å². The van der Waals surface area contributed by atoms with Gasteiger partial charge in [0.1, 0.15) is 11.6 Å². The SMILES string of the molecule is C=C/C(F)=C\C=C\c1ccc(CCCCCCCc2ccc(-c3ccc(F)cc3)cc2)cc1. The smallest absolute Gasteiger partial charge is 0.123 e. The molecular weight excluding hydrogens is 410 g/mol. The van der Waals surface area contributed by atoms with Crippen molar-refractivity contribution >= 4 is 6.08 Å². The second-order valence-electron chi connectivity index (χ2n) is 8.33. The molecule has 33 heavy (non-hydrogen) atoms. The lowest BCUT2D eigenvalue weighted by atomic mass is 10.00. The van der Waals surface area contributed by atoms with Gasteiger partial charge in [-0.1, -0.05) is 98.7 Å². The summed E-state index contributed by atoms with van der Waals surface area (Å²) < 4.78 is 26.1. The minimum absolute atomic E-state index is 0.201. The molecule has 0 nitrogen and oxygen atoms in total. The van der Waals surface area contributed by atoms with Crippen molar-refractivity contribution in [3.8, 4) is 11.1 Å². The van der Waals surface area contributed by atoms with Gasteiger partial charge in [0.2, 0.25) is 0 Å². The Labute approximate surface area is 197 Å². The van der Waals surface area contributed by atoms with Crippen LogP contribution in [0.5, 0.6) is 0 Å².